The van der Waals surface area contributed by atoms with Crippen LogP contribution < -0.4 is 5.32 Å². The number of ether oxygens (including phenoxy) is 1. The van der Waals surface area contributed by atoms with Gasteiger partial charge in [-0.2, -0.15) is 0 Å². The molecule has 2 saturated carbocycles. The van der Waals surface area contributed by atoms with E-state index < -0.39 is 0 Å². The van der Waals surface area contributed by atoms with Crippen LogP contribution in [0.3, 0.4) is 0 Å². The van der Waals surface area contributed by atoms with Crippen molar-refractivity contribution in [3.8, 4) is 0 Å². The molecule has 2 fully saturated rings. The van der Waals surface area contributed by atoms with Crippen molar-refractivity contribution in [3.05, 3.63) is 0 Å². The van der Waals surface area contributed by atoms with Gasteiger partial charge in [0.2, 0.25) is 0 Å². The summed E-state index contributed by atoms with van der Waals surface area (Å²) in [6, 6.07) is 1.44. The first-order valence-corrected chi connectivity index (χ1v) is 6.06. The summed E-state index contributed by atoms with van der Waals surface area (Å²) in [6.45, 7) is 2.33. The Labute approximate surface area is 87.4 Å². The summed E-state index contributed by atoms with van der Waals surface area (Å²) in [7, 11) is 1.82. The van der Waals surface area contributed by atoms with Crippen LogP contribution in [0.25, 0.3) is 0 Å². The lowest BCUT2D eigenvalue weighted by atomic mass is 9.80. The molecule has 82 valence electrons. The van der Waals surface area contributed by atoms with E-state index >= 15 is 0 Å². The molecular weight excluding hydrogens is 174 g/mol. The fraction of sp³-hybridized carbons (Fsp3) is 1.00. The van der Waals surface area contributed by atoms with Crippen molar-refractivity contribution >= 4 is 0 Å². The highest BCUT2D eigenvalue weighted by atomic mass is 16.5. The Balaban J connectivity index is 1.56. The molecule has 0 spiro atoms. The molecule has 2 aliphatic carbocycles. The van der Waals surface area contributed by atoms with Gasteiger partial charge in [-0.05, 0) is 32.1 Å². The van der Waals surface area contributed by atoms with E-state index in [0.717, 1.165) is 12.0 Å². The maximum absolute atomic E-state index is 5.27. The molecule has 1 N–H and O–H groups in total. The molecule has 0 saturated heterocycles. The SMILES string of the molecule is COC1CC(NC(C)CC2CCC2)C1. The van der Waals surface area contributed by atoms with E-state index in [-0.39, 0.29) is 0 Å². The highest BCUT2D eigenvalue weighted by Crippen LogP contribution is 2.31. The topological polar surface area (TPSA) is 21.3 Å². The fourth-order valence-electron chi connectivity index (χ4n) is 2.59. The first kappa shape index (κ1) is 10.4. The number of methoxy groups -OCH3 is 1. The third kappa shape index (κ3) is 2.48. The predicted molar refractivity (Wildman–Crippen MR) is 58.4 cm³/mol. The second-order valence-electron chi connectivity index (χ2n) is 5.13. The van der Waals surface area contributed by atoms with Crippen LogP contribution in [0, 0.1) is 5.92 Å². The largest absolute Gasteiger partial charge is 0.381 e. The molecule has 0 aromatic rings. The van der Waals surface area contributed by atoms with Gasteiger partial charge in [-0.25, -0.2) is 0 Å². The van der Waals surface area contributed by atoms with Gasteiger partial charge in [0.1, 0.15) is 0 Å². The van der Waals surface area contributed by atoms with Crippen molar-refractivity contribution in [1.82, 2.24) is 5.32 Å². The molecule has 0 amide bonds. The number of rotatable bonds is 5. The summed E-state index contributed by atoms with van der Waals surface area (Å²) >= 11 is 0. The van der Waals surface area contributed by atoms with Crippen LogP contribution in [-0.4, -0.2) is 25.3 Å². The van der Waals surface area contributed by atoms with Gasteiger partial charge >= 0.3 is 0 Å². The number of nitrogens with one attached hydrogen (secondary N) is 1. The van der Waals surface area contributed by atoms with Gasteiger partial charge in [-0.15, -0.1) is 0 Å². The molecule has 1 atom stereocenters. The quantitative estimate of drug-likeness (QED) is 0.730. The zero-order valence-electron chi connectivity index (χ0n) is 9.46. The summed E-state index contributed by atoms with van der Waals surface area (Å²) in [5.41, 5.74) is 0. The molecule has 2 rings (SSSR count). The van der Waals surface area contributed by atoms with Gasteiger partial charge in [-0.3, -0.25) is 0 Å². The standard InChI is InChI=1S/C12H23NO/c1-9(6-10-4-3-5-10)13-11-7-12(8-11)14-2/h9-13H,3-8H2,1-2H3. The third-order valence-corrected chi connectivity index (χ3v) is 3.86. The second kappa shape index (κ2) is 4.63. The van der Waals surface area contributed by atoms with Crippen LogP contribution in [0.5, 0.6) is 0 Å². The molecule has 0 aromatic heterocycles. The normalized spacial score (nSPS) is 34.7. The Morgan fingerprint density at radius 3 is 2.57 bits per heavy atom. The van der Waals surface area contributed by atoms with Gasteiger partial charge in [0.25, 0.3) is 0 Å². The molecule has 0 heterocycles. The molecule has 0 aliphatic heterocycles. The Hall–Kier alpha value is -0.0800. The van der Waals surface area contributed by atoms with E-state index in [0.29, 0.717) is 12.1 Å². The maximum atomic E-state index is 5.27. The lowest BCUT2D eigenvalue weighted by Crippen LogP contribution is -2.48. The predicted octanol–water partition coefficient (Wildman–Crippen LogP) is 2.33. The lowest BCUT2D eigenvalue weighted by Gasteiger charge is -2.38. The van der Waals surface area contributed by atoms with Gasteiger partial charge in [0, 0.05) is 19.2 Å². The van der Waals surface area contributed by atoms with Crippen LogP contribution in [-0.2, 0) is 4.74 Å². The monoisotopic (exact) mass is 197 g/mol. The minimum atomic E-state index is 0.531. The van der Waals surface area contributed by atoms with E-state index in [2.05, 4.69) is 12.2 Å². The van der Waals surface area contributed by atoms with Gasteiger partial charge < -0.3 is 10.1 Å². The lowest BCUT2D eigenvalue weighted by molar-refractivity contribution is 0.0135. The zero-order chi connectivity index (χ0) is 9.97. The van der Waals surface area contributed by atoms with E-state index in [9.17, 15) is 0 Å². The molecule has 2 aliphatic rings. The van der Waals surface area contributed by atoms with Crippen molar-refractivity contribution in [2.75, 3.05) is 7.11 Å². The van der Waals surface area contributed by atoms with Crippen LogP contribution in [0.2, 0.25) is 0 Å². The van der Waals surface area contributed by atoms with Crippen LogP contribution >= 0.6 is 0 Å². The van der Waals surface area contributed by atoms with Gasteiger partial charge in [-0.1, -0.05) is 19.3 Å². The number of hydrogen-bond acceptors (Lipinski definition) is 2. The zero-order valence-corrected chi connectivity index (χ0v) is 9.46. The summed E-state index contributed by atoms with van der Waals surface area (Å²) in [6.07, 6.45) is 8.75. The summed E-state index contributed by atoms with van der Waals surface area (Å²) < 4.78 is 5.27. The third-order valence-electron chi connectivity index (χ3n) is 3.86. The molecule has 0 radical (unpaired) electrons. The van der Waals surface area contributed by atoms with E-state index in [1.807, 2.05) is 7.11 Å². The van der Waals surface area contributed by atoms with E-state index in [1.54, 1.807) is 0 Å². The fourth-order valence-corrected chi connectivity index (χ4v) is 2.59. The molecular formula is C12H23NO. The van der Waals surface area contributed by atoms with E-state index in [1.165, 1.54) is 38.5 Å². The molecule has 14 heavy (non-hydrogen) atoms. The average molecular weight is 197 g/mol. The molecule has 2 nitrogen and oxygen atoms in total. The van der Waals surface area contributed by atoms with Crippen molar-refractivity contribution in [2.24, 2.45) is 5.92 Å². The molecule has 0 aromatic carbocycles. The first-order chi connectivity index (χ1) is 6.78. The highest BCUT2D eigenvalue weighted by molar-refractivity contribution is 4.88. The first-order valence-electron chi connectivity index (χ1n) is 6.06. The minimum Gasteiger partial charge on any atom is -0.381 e. The molecule has 1 unspecified atom stereocenters. The van der Waals surface area contributed by atoms with E-state index in [4.69, 9.17) is 4.74 Å². The Morgan fingerprint density at radius 2 is 2.07 bits per heavy atom. The summed E-state index contributed by atoms with van der Waals surface area (Å²) in [4.78, 5) is 0. The Morgan fingerprint density at radius 1 is 1.36 bits per heavy atom. The van der Waals surface area contributed by atoms with Crippen molar-refractivity contribution in [3.63, 3.8) is 0 Å². The van der Waals surface area contributed by atoms with Crippen molar-refractivity contribution < 1.29 is 4.74 Å². The average Bonchev–Trinajstić information content (AvgIpc) is 2.03. The van der Waals surface area contributed by atoms with Crippen molar-refractivity contribution in [1.29, 1.82) is 0 Å². The Bertz CT molecular complexity index is 173. The van der Waals surface area contributed by atoms with Crippen LogP contribution in [0.1, 0.15) is 45.4 Å². The van der Waals surface area contributed by atoms with Crippen LogP contribution in [0.4, 0.5) is 0 Å². The molecule has 2 heteroatoms. The maximum Gasteiger partial charge on any atom is 0.0601 e. The summed E-state index contributed by atoms with van der Waals surface area (Å²) in [5, 5.41) is 3.70. The molecule has 0 bridgehead atoms. The Kier molecular flexibility index (Phi) is 3.45. The highest BCUT2D eigenvalue weighted by Gasteiger charge is 2.30. The second-order valence-corrected chi connectivity index (χ2v) is 5.13. The van der Waals surface area contributed by atoms with Crippen LogP contribution in [0.15, 0.2) is 0 Å². The minimum absolute atomic E-state index is 0.531. The smallest absolute Gasteiger partial charge is 0.0601 e. The van der Waals surface area contributed by atoms with Crippen molar-refractivity contribution in [2.45, 2.75) is 63.6 Å². The number of hydrogen-bond donors (Lipinski definition) is 1. The summed E-state index contributed by atoms with van der Waals surface area (Å²) in [5.74, 6) is 1.02. The van der Waals surface area contributed by atoms with Gasteiger partial charge in [0.05, 0.1) is 6.10 Å². The van der Waals surface area contributed by atoms with Gasteiger partial charge in [0.15, 0.2) is 0 Å².